The predicted octanol–water partition coefficient (Wildman–Crippen LogP) is 3.92. The zero-order valence-electron chi connectivity index (χ0n) is 11.3. The van der Waals surface area contributed by atoms with E-state index in [9.17, 15) is 18.3 Å². The molecule has 2 nitrogen and oxygen atoms in total. The summed E-state index contributed by atoms with van der Waals surface area (Å²) in [6.45, 7) is 2.64. The summed E-state index contributed by atoms with van der Waals surface area (Å²) in [7, 11) is 0. The van der Waals surface area contributed by atoms with E-state index < -0.39 is 18.9 Å². The SMILES string of the molecule is CCCCCCC(C)CC(O)COCC(F)(F)F. The van der Waals surface area contributed by atoms with Crippen LogP contribution < -0.4 is 0 Å². The third-order valence-corrected chi connectivity index (χ3v) is 2.80. The Morgan fingerprint density at radius 1 is 1.17 bits per heavy atom. The van der Waals surface area contributed by atoms with Crippen LogP contribution in [0.1, 0.15) is 52.4 Å². The number of halogens is 3. The maximum atomic E-state index is 11.8. The van der Waals surface area contributed by atoms with Crippen molar-refractivity contribution in [3.05, 3.63) is 0 Å². The lowest BCUT2D eigenvalue weighted by Gasteiger charge is -2.17. The van der Waals surface area contributed by atoms with Crippen molar-refractivity contribution < 1.29 is 23.0 Å². The van der Waals surface area contributed by atoms with Crippen LogP contribution in [0.3, 0.4) is 0 Å². The first-order valence-electron chi connectivity index (χ1n) is 6.67. The highest BCUT2D eigenvalue weighted by Gasteiger charge is 2.27. The normalized spacial score (nSPS) is 15.7. The van der Waals surface area contributed by atoms with E-state index in [0.717, 1.165) is 12.8 Å². The molecule has 0 fully saturated rings. The van der Waals surface area contributed by atoms with Crippen LogP contribution in [0.4, 0.5) is 13.2 Å². The Kier molecular flexibility index (Phi) is 9.46. The Hall–Kier alpha value is -0.290. The van der Waals surface area contributed by atoms with E-state index in [4.69, 9.17) is 0 Å². The van der Waals surface area contributed by atoms with Crippen molar-refractivity contribution in [1.29, 1.82) is 0 Å². The molecule has 0 aliphatic carbocycles. The second-order valence-electron chi connectivity index (χ2n) is 4.97. The number of alkyl halides is 3. The molecule has 0 amide bonds. The third kappa shape index (κ3) is 12.2. The lowest BCUT2D eigenvalue weighted by molar-refractivity contribution is -0.179. The van der Waals surface area contributed by atoms with Gasteiger partial charge >= 0.3 is 6.18 Å². The second-order valence-corrected chi connectivity index (χ2v) is 4.97. The summed E-state index contributed by atoms with van der Waals surface area (Å²) < 4.78 is 39.8. The van der Waals surface area contributed by atoms with Crippen molar-refractivity contribution in [2.24, 2.45) is 5.92 Å². The van der Waals surface area contributed by atoms with E-state index in [1.54, 1.807) is 0 Å². The van der Waals surface area contributed by atoms with E-state index in [1.165, 1.54) is 19.3 Å². The first-order chi connectivity index (χ1) is 8.35. The summed E-state index contributed by atoms with van der Waals surface area (Å²) in [6, 6.07) is 0. The van der Waals surface area contributed by atoms with E-state index in [-0.39, 0.29) is 6.61 Å². The van der Waals surface area contributed by atoms with Gasteiger partial charge in [-0.25, -0.2) is 0 Å². The van der Waals surface area contributed by atoms with E-state index in [0.29, 0.717) is 12.3 Å². The van der Waals surface area contributed by atoms with Crippen molar-refractivity contribution >= 4 is 0 Å². The van der Waals surface area contributed by atoms with Crippen LogP contribution >= 0.6 is 0 Å². The molecule has 0 aliphatic rings. The Morgan fingerprint density at radius 3 is 2.39 bits per heavy atom. The van der Waals surface area contributed by atoms with Gasteiger partial charge in [0.2, 0.25) is 0 Å². The molecule has 2 atom stereocenters. The summed E-state index contributed by atoms with van der Waals surface area (Å²) in [4.78, 5) is 0. The summed E-state index contributed by atoms with van der Waals surface area (Å²) in [5.41, 5.74) is 0. The van der Waals surface area contributed by atoms with E-state index in [2.05, 4.69) is 11.7 Å². The van der Waals surface area contributed by atoms with Crippen LogP contribution in [-0.4, -0.2) is 30.6 Å². The highest BCUT2D eigenvalue weighted by Crippen LogP contribution is 2.17. The van der Waals surface area contributed by atoms with Crippen LogP contribution in [0, 0.1) is 5.92 Å². The molecule has 0 rings (SSSR count). The van der Waals surface area contributed by atoms with Crippen LogP contribution in [0.15, 0.2) is 0 Å². The highest BCUT2D eigenvalue weighted by molar-refractivity contribution is 4.62. The average molecular weight is 270 g/mol. The molecule has 0 aliphatic heterocycles. The van der Waals surface area contributed by atoms with Gasteiger partial charge in [-0.05, 0) is 12.3 Å². The highest BCUT2D eigenvalue weighted by atomic mass is 19.4. The predicted molar refractivity (Wildman–Crippen MR) is 65.4 cm³/mol. The largest absolute Gasteiger partial charge is 0.411 e. The van der Waals surface area contributed by atoms with Gasteiger partial charge in [-0.3, -0.25) is 0 Å². The summed E-state index contributed by atoms with van der Waals surface area (Å²) in [5.74, 6) is 0.325. The van der Waals surface area contributed by atoms with Crippen molar-refractivity contribution in [2.45, 2.75) is 64.7 Å². The molecule has 0 saturated heterocycles. The van der Waals surface area contributed by atoms with Crippen molar-refractivity contribution in [3.63, 3.8) is 0 Å². The topological polar surface area (TPSA) is 29.5 Å². The zero-order chi connectivity index (χ0) is 14.0. The smallest absolute Gasteiger partial charge is 0.391 e. The van der Waals surface area contributed by atoms with Crippen LogP contribution in [-0.2, 0) is 4.74 Å². The Balaban J connectivity index is 3.52. The molecule has 1 N–H and O–H groups in total. The number of aliphatic hydroxyl groups excluding tert-OH is 1. The number of hydrogen-bond acceptors (Lipinski definition) is 2. The van der Waals surface area contributed by atoms with Gasteiger partial charge in [0.1, 0.15) is 6.61 Å². The molecule has 18 heavy (non-hydrogen) atoms. The van der Waals surface area contributed by atoms with Gasteiger partial charge < -0.3 is 9.84 Å². The molecule has 0 aromatic carbocycles. The number of unbranched alkanes of at least 4 members (excludes halogenated alkanes) is 3. The Bertz CT molecular complexity index is 195. The number of rotatable bonds is 10. The molecule has 5 heteroatoms. The maximum absolute atomic E-state index is 11.8. The molecular formula is C13H25F3O2. The van der Waals surface area contributed by atoms with E-state index in [1.807, 2.05) is 6.92 Å². The van der Waals surface area contributed by atoms with Gasteiger partial charge in [-0.15, -0.1) is 0 Å². The van der Waals surface area contributed by atoms with Gasteiger partial charge in [-0.1, -0.05) is 46.0 Å². The minimum absolute atomic E-state index is 0.237. The molecule has 110 valence electrons. The quantitative estimate of drug-likeness (QED) is 0.610. The molecular weight excluding hydrogens is 245 g/mol. The molecule has 0 aromatic rings. The van der Waals surface area contributed by atoms with Crippen LogP contribution in [0.25, 0.3) is 0 Å². The average Bonchev–Trinajstić information content (AvgIpc) is 2.22. The molecule has 2 unspecified atom stereocenters. The van der Waals surface area contributed by atoms with Gasteiger partial charge in [0.05, 0.1) is 12.7 Å². The Morgan fingerprint density at radius 2 is 1.83 bits per heavy atom. The molecule has 0 bridgehead atoms. The van der Waals surface area contributed by atoms with Gasteiger partial charge in [0, 0.05) is 0 Å². The third-order valence-electron chi connectivity index (χ3n) is 2.80. The Labute approximate surface area is 108 Å². The lowest BCUT2D eigenvalue weighted by Crippen LogP contribution is -2.24. The first kappa shape index (κ1) is 17.7. The second kappa shape index (κ2) is 9.62. The van der Waals surface area contributed by atoms with Gasteiger partial charge in [0.25, 0.3) is 0 Å². The van der Waals surface area contributed by atoms with Crippen molar-refractivity contribution in [3.8, 4) is 0 Å². The summed E-state index contributed by atoms with van der Waals surface area (Å²) in [6.07, 6.45) is 1.10. The fourth-order valence-corrected chi connectivity index (χ4v) is 1.88. The summed E-state index contributed by atoms with van der Waals surface area (Å²) >= 11 is 0. The fraction of sp³-hybridized carbons (Fsp3) is 1.00. The monoisotopic (exact) mass is 270 g/mol. The van der Waals surface area contributed by atoms with Gasteiger partial charge in [-0.2, -0.15) is 13.2 Å². The fourth-order valence-electron chi connectivity index (χ4n) is 1.88. The zero-order valence-corrected chi connectivity index (χ0v) is 11.3. The number of ether oxygens (including phenoxy) is 1. The van der Waals surface area contributed by atoms with E-state index >= 15 is 0 Å². The van der Waals surface area contributed by atoms with Crippen molar-refractivity contribution in [2.75, 3.05) is 13.2 Å². The van der Waals surface area contributed by atoms with Crippen LogP contribution in [0.5, 0.6) is 0 Å². The molecule has 0 aromatic heterocycles. The first-order valence-corrected chi connectivity index (χ1v) is 6.67. The molecule has 0 radical (unpaired) electrons. The number of aliphatic hydroxyl groups is 1. The molecule has 0 spiro atoms. The summed E-state index contributed by atoms with van der Waals surface area (Å²) in [5, 5.41) is 9.53. The number of hydrogen-bond donors (Lipinski definition) is 1. The maximum Gasteiger partial charge on any atom is 0.411 e. The van der Waals surface area contributed by atoms with Crippen molar-refractivity contribution in [1.82, 2.24) is 0 Å². The minimum Gasteiger partial charge on any atom is -0.391 e. The molecule has 0 saturated carbocycles. The minimum atomic E-state index is -4.31. The standard InChI is InChI=1S/C13H25F3O2/c1-3-4-5-6-7-11(2)8-12(17)9-18-10-13(14,15)16/h11-12,17H,3-10H2,1-2H3. The van der Waals surface area contributed by atoms with Gasteiger partial charge in [0.15, 0.2) is 0 Å². The van der Waals surface area contributed by atoms with Crippen LogP contribution in [0.2, 0.25) is 0 Å². The molecule has 0 heterocycles. The lowest BCUT2D eigenvalue weighted by atomic mass is 9.97.